The summed E-state index contributed by atoms with van der Waals surface area (Å²) in [4.78, 5) is 12.5. The summed E-state index contributed by atoms with van der Waals surface area (Å²) in [6, 6.07) is 18.1. The van der Waals surface area contributed by atoms with E-state index in [0.29, 0.717) is 5.02 Å². The minimum Gasteiger partial charge on any atom is -0.350 e. The summed E-state index contributed by atoms with van der Waals surface area (Å²) in [5.74, 6) is -0.440. The van der Waals surface area contributed by atoms with Crippen LogP contribution in [0.15, 0.2) is 60.7 Å². The van der Waals surface area contributed by atoms with Gasteiger partial charge in [0, 0.05) is 11.6 Å². The Morgan fingerprint density at radius 3 is 2.46 bits per heavy atom. The first kappa shape index (κ1) is 20.5. The van der Waals surface area contributed by atoms with E-state index in [9.17, 15) is 13.2 Å². The highest BCUT2D eigenvalue weighted by atomic mass is 35.5. The van der Waals surface area contributed by atoms with Crippen LogP contribution in [0, 0.1) is 0 Å². The smallest absolute Gasteiger partial charge is 0.241 e. The Balaban J connectivity index is 1.77. The molecule has 0 saturated heterocycles. The molecule has 0 aliphatic rings. The second-order valence-electron chi connectivity index (χ2n) is 6.28. The second-order valence-corrected chi connectivity index (χ2v) is 9.03. The molecule has 0 spiro atoms. The maximum atomic E-state index is 12.5. The van der Waals surface area contributed by atoms with Gasteiger partial charge in [-0.15, -0.1) is 0 Å². The van der Waals surface area contributed by atoms with E-state index in [2.05, 4.69) is 5.32 Å². The summed E-state index contributed by atoms with van der Waals surface area (Å²) in [6.45, 7) is -0.100. The lowest BCUT2D eigenvalue weighted by Gasteiger charge is -2.23. The largest absolute Gasteiger partial charge is 0.350 e. The molecule has 0 unspecified atom stereocenters. The van der Waals surface area contributed by atoms with Crippen molar-refractivity contribution in [1.29, 1.82) is 0 Å². The highest BCUT2D eigenvalue weighted by molar-refractivity contribution is 7.92. The summed E-state index contributed by atoms with van der Waals surface area (Å²) in [5.41, 5.74) is 1.15. The highest BCUT2D eigenvalue weighted by Gasteiger charge is 2.23. The van der Waals surface area contributed by atoms with Crippen molar-refractivity contribution in [2.45, 2.75) is 6.54 Å². The molecule has 1 amide bonds. The van der Waals surface area contributed by atoms with E-state index in [1.807, 2.05) is 42.5 Å². The Labute approximate surface area is 173 Å². The Hall–Kier alpha value is -2.28. The molecule has 3 aromatic rings. The van der Waals surface area contributed by atoms with Crippen LogP contribution in [0.1, 0.15) is 5.56 Å². The van der Waals surface area contributed by atoms with Gasteiger partial charge in [-0.1, -0.05) is 65.7 Å². The van der Waals surface area contributed by atoms with E-state index in [-0.39, 0.29) is 23.8 Å². The van der Waals surface area contributed by atoms with Crippen molar-refractivity contribution in [3.63, 3.8) is 0 Å². The molecule has 8 heteroatoms. The zero-order valence-corrected chi connectivity index (χ0v) is 17.4. The summed E-state index contributed by atoms with van der Waals surface area (Å²) in [5, 5.41) is 5.41. The molecule has 1 N–H and O–H groups in total. The van der Waals surface area contributed by atoms with E-state index in [0.717, 1.165) is 26.9 Å². The monoisotopic (exact) mass is 436 g/mol. The fourth-order valence-electron chi connectivity index (χ4n) is 2.89. The molecule has 0 atom stereocenters. The van der Waals surface area contributed by atoms with Crippen LogP contribution in [-0.2, 0) is 21.4 Å². The lowest BCUT2D eigenvalue weighted by Crippen LogP contribution is -2.40. The number of amides is 1. The van der Waals surface area contributed by atoms with Crippen molar-refractivity contribution in [2.75, 3.05) is 17.1 Å². The van der Waals surface area contributed by atoms with Crippen LogP contribution >= 0.6 is 23.2 Å². The van der Waals surface area contributed by atoms with Crippen LogP contribution in [0.3, 0.4) is 0 Å². The SMILES string of the molecule is CS(=O)(=O)N(CC(=O)NCc1cccc2ccccc12)c1ccc(Cl)cc1Cl. The van der Waals surface area contributed by atoms with Crippen LogP contribution in [-0.4, -0.2) is 27.1 Å². The summed E-state index contributed by atoms with van der Waals surface area (Å²) < 4.78 is 25.4. The molecule has 0 saturated carbocycles. The average Bonchev–Trinajstić information content (AvgIpc) is 2.64. The summed E-state index contributed by atoms with van der Waals surface area (Å²) in [6.07, 6.45) is 1.02. The number of hydrogen-bond acceptors (Lipinski definition) is 3. The third kappa shape index (κ3) is 4.76. The topological polar surface area (TPSA) is 66.5 Å². The molecule has 3 rings (SSSR count). The van der Waals surface area contributed by atoms with Gasteiger partial charge < -0.3 is 5.32 Å². The highest BCUT2D eigenvalue weighted by Crippen LogP contribution is 2.30. The first-order valence-electron chi connectivity index (χ1n) is 8.42. The molecule has 0 radical (unpaired) electrons. The number of carbonyl (C=O) groups is 1. The van der Waals surface area contributed by atoms with E-state index < -0.39 is 15.9 Å². The van der Waals surface area contributed by atoms with Gasteiger partial charge in [-0.05, 0) is 34.5 Å². The number of nitrogens with zero attached hydrogens (tertiary/aromatic N) is 1. The molecule has 0 heterocycles. The quantitative estimate of drug-likeness (QED) is 0.628. The van der Waals surface area contributed by atoms with E-state index in [1.165, 1.54) is 18.2 Å². The molecule has 28 heavy (non-hydrogen) atoms. The molecule has 0 fully saturated rings. The number of hydrogen-bond donors (Lipinski definition) is 1. The second kappa shape index (κ2) is 8.39. The van der Waals surface area contributed by atoms with Crippen molar-refractivity contribution < 1.29 is 13.2 Å². The van der Waals surface area contributed by atoms with Crippen LogP contribution < -0.4 is 9.62 Å². The normalized spacial score (nSPS) is 11.4. The molecule has 146 valence electrons. The van der Waals surface area contributed by atoms with Crippen molar-refractivity contribution in [3.8, 4) is 0 Å². The lowest BCUT2D eigenvalue weighted by molar-refractivity contribution is -0.119. The zero-order chi connectivity index (χ0) is 20.3. The van der Waals surface area contributed by atoms with Crippen LogP contribution in [0.2, 0.25) is 10.0 Å². The van der Waals surface area contributed by atoms with Crippen LogP contribution in [0.4, 0.5) is 5.69 Å². The number of rotatable bonds is 6. The molecule has 0 bridgehead atoms. The summed E-state index contributed by atoms with van der Waals surface area (Å²) >= 11 is 12.0. The number of fused-ring (bicyclic) bond motifs is 1. The molecule has 5 nitrogen and oxygen atoms in total. The van der Waals surface area contributed by atoms with Gasteiger partial charge in [0.05, 0.1) is 17.0 Å². The molecule has 3 aromatic carbocycles. The molecular formula is C20H18Cl2N2O3S. The Morgan fingerprint density at radius 2 is 1.75 bits per heavy atom. The van der Waals surface area contributed by atoms with Gasteiger partial charge >= 0.3 is 0 Å². The number of carbonyl (C=O) groups excluding carboxylic acids is 1. The number of sulfonamides is 1. The Bertz CT molecular complexity index is 1130. The lowest BCUT2D eigenvalue weighted by atomic mass is 10.0. The first-order valence-corrected chi connectivity index (χ1v) is 11.0. The predicted molar refractivity (Wildman–Crippen MR) is 114 cm³/mol. The van der Waals surface area contributed by atoms with E-state index >= 15 is 0 Å². The molecule has 0 aliphatic heterocycles. The van der Waals surface area contributed by atoms with Crippen LogP contribution in [0.5, 0.6) is 0 Å². The van der Waals surface area contributed by atoms with Gasteiger partial charge in [-0.3, -0.25) is 9.10 Å². The van der Waals surface area contributed by atoms with Crippen molar-refractivity contribution in [1.82, 2.24) is 5.32 Å². The zero-order valence-electron chi connectivity index (χ0n) is 15.0. The molecule has 0 aliphatic carbocycles. The minimum absolute atomic E-state index is 0.153. The first-order chi connectivity index (χ1) is 13.3. The number of halogens is 2. The number of nitrogens with one attached hydrogen (secondary N) is 1. The number of benzene rings is 3. The third-order valence-corrected chi connectivity index (χ3v) is 5.89. The molecule has 0 aromatic heterocycles. The van der Waals surface area contributed by atoms with Crippen LogP contribution in [0.25, 0.3) is 10.8 Å². The van der Waals surface area contributed by atoms with Gasteiger partial charge in [0.25, 0.3) is 0 Å². The minimum atomic E-state index is -3.72. The fourth-order valence-corrected chi connectivity index (χ4v) is 4.32. The van der Waals surface area contributed by atoms with Crippen molar-refractivity contribution in [3.05, 3.63) is 76.3 Å². The van der Waals surface area contributed by atoms with E-state index in [1.54, 1.807) is 0 Å². The Morgan fingerprint density at radius 1 is 1.04 bits per heavy atom. The van der Waals surface area contributed by atoms with Gasteiger partial charge in [0.2, 0.25) is 15.9 Å². The average molecular weight is 437 g/mol. The van der Waals surface area contributed by atoms with Gasteiger partial charge in [0.15, 0.2) is 0 Å². The Kier molecular flexibility index (Phi) is 6.13. The van der Waals surface area contributed by atoms with Crippen molar-refractivity contribution >= 4 is 55.6 Å². The van der Waals surface area contributed by atoms with Gasteiger partial charge in [-0.25, -0.2) is 8.42 Å². The standard InChI is InChI=1S/C20H18Cl2N2O3S/c1-28(26,27)24(19-10-9-16(21)11-18(19)22)13-20(25)23-12-15-7-4-6-14-5-2-3-8-17(14)15/h2-11H,12-13H2,1H3,(H,23,25). The summed E-state index contributed by atoms with van der Waals surface area (Å²) in [7, 11) is -3.72. The molecular weight excluding hydrogens is 419 g/mol. The third-order valence-electron chi connectivity index (χ3n) is 4.22. The fraction of sp³-hybridized carbons (Fsp3) is 0.150. The maximum Gasteiger partial charge on any atom is 0.241 e. The number of anilines is 1. The van der Waals surface area contributed by atoms with Gasteiger partial charge in [0.1, 0.15) is 6.54 Å². The van der Waals surface area contributed by atoms with Gasteiger partial charge in [-0.2, -0.15) is 0 Å². The van der Waals surface area contributed by atoms with E-state index in [4.69, 9.17) is 23.2 Å². The predicted octanol–water partition coefficient (Wildman–Crippen LogP) is 4.23. The maximum absolute atomic E-state index is 12.5. The van der Waals surface area contributed by atoms with Crippen molar-refractivity contribution in [2.24, 2.45) is 0 Å².